The van der Waals surface area contributed by atoms with Gasteiger partial charge in [0.25, 0.3) is 0 Å². The van der Waals surface area contributed by atoms with Gasteiger partial charge in [0.1, 0.15) is 0 Å². The van der Waals surface area contributed by atoms with Crippen LogP contribution in [0.4, 0.5) is 28.4 Å². The van der Waals surface area contributed by atoms with Gasteiger partial charge in [-0.3, -0.25) is 0 Å². The molecule has 0 aromatic heterocycles. The molecular weight excluding hydrogens is 725 g/mol. The molecule has 0 aliphatic heterocycles. The lowest BCUT2D eigenvalue weighted by atomic mass is 9.95. The van der Waals surface area contributed by atoms with Crippen LogP contribution in [0.2, 0.25) is 0 Å². The van der Waals surface area contributed by atoms with Gasteiger partial charge in [-0.05, 0) is 129 Å². The summed E-state index contributed by atoms with van der Waals surface area (Å²) in [5, 5.41) is 2.43. The minimum atomic E-state index is 0.968. The molecule has 0 spiro atoms. The van der Waals surface area contributed by atoms with E-state index in [0.717, 1.165) is 35.6 Å². The van der Waals surface area contributed by atoms with E-state index in [9.17, 15) is 0 Å². The van der Waals surface area contributed by atoms with E-state index in [1.54, 1.807) is 0 Å². The van der Waals surface area contributed by atoms with Crippen LogP contribution in [0.1, 0.15) is 18.4 Å². The van der Waals surface area contributed by atoms with Crippen molar-refractivity contribution in [2.75, 3.05) is 9.80 Å². The summed E-state index contributed by atoms with van der Waals surface area (Å²) in [6, 6.07) is 83.1. The van der Waals surface area contributed by atoms with Crippen LogP contribution in [0.25, 0.3) is 49.7 Å². The molecule has 10 rings (SSSR count). The molecule has 0 bridgehead atoms. The fourth-order valence-electron chi connectivity index (χ4n) is 8.51. The van der Waals surface area contributed by atoms with E-state index in [2.05, 4.69) is 252 Å². The van der Waals surface area contributed by atoms with E-state index in [4.69, 9.17) is 0 Å². The van der Waals surface area contributed by atoms with Gasteiger partial charge >= 0.3 is 0 Å². The summed E-state index contributed by atoms with van der Waals surface area (Å²) >= 11 is 0. The van der Waals surface area contributed by atoms with E-state index in [0.29, 0.717) is 0 Å². The first kappa shape index (κ1) is 36.6. The second-order valence-electron chi connectivity index (χ2n) is 15.3. The molecule has 0 saturated carbocycles. The molecule has 0 unspecified atom stereocenters. The highest BCUT2D eigenvalue weighted by Gasteiger charge is 2.19. The zero-order valence-electron chi connectivity index (χ0n) is 33.4. The predicted octanol–water partition coefficient (Wildman–Crippen LogP) is 16.2. The van der Waals surface area contributed by atoms with E-state index in [-0.39, 0.29) is 0 Å². The summed E-state index contributed by atoms with van der Waals surface area (Å²) in [4.78, 5) is 4.78. The molecule has 60 heavy (non-hydrogen) atoms. The Balaban J connectivity index is 0.961. The van der Waals surface area contributed by atoms with E-state index in [1.807, 2.05) is 0 Å². The first-order valence-corrected chi connectivity index (χ1v) is 20.8. The maximum absolute atomic E-state index is 2.40. The van der Waals surface area contributed by atoms with Crippen molar-refractivity contribution in [2.24, 2.45) is 0 Å². The Morgan fingerprint density at radius 3 is 1.30 bits per heavy atom. The Morgan fingerprint density at radius 1 is 0.283 bits per heavy atom. The summed E-state index contributed by atoms with van der Waals surface area (Å²) in [6.07, 6.45) is 6.56. The molecule has 0 fully saturated rings. The van der Waals surface area contributed by atoms with Crippen molar-refractivity contribution in [1.29, 1.82) is 0 Å². The molecule has 0 saturated heterocycles. The summed E-state index contributed by atoms with van der Waals surface area (Å²) in [7, 11) is 0. The molecule has 0 radical (unpaired) electrons. The Hall–Kier alpha value is -7.68. The van der Waals surface area contributed by atoms with Gasteiger partial charge in [-0.1, -0.05) is 176 Å². The van der Waals surface area contributed by atoms with Crippen molar-refractivity contribution < 1.29 is 0 Å². The number of fused-ring (bicyclic) bond motifs is 1. The van der Waals surface area contributed by atoms with Crippen LogP contribution in [0.5, 0.6) is 0 Å². The minimum absolute atomic E-state index is 0.968. The number of allylic oxidation sites excluding steroid dienone is 4. The highest BCUT2D eigenvalue weighted by molar-refractivity contribution is 5.99. The molecule has 2 nitrogen and oxygen atoms in total. The monoisotopic (exact) mass is 768 g/mol. The third kappa shape index (κ3) is 7.55. The first-order chi connectivity index (χ1) is 29.7. The summed E-state index contributed by atoms with van der Waals surface area (Å²) in [6.45, 7) is 0. The van der Waals surface area contributed by atoms with Gasteiger partial charge < -0.3 is 9.80 Å². The Labute approximate surface area is 353 Å². The van der Waals surface area contributed by atoms with Crippen molar-refractivity contribution in [3.05, 3.63) is 254 Å². The second kappa shape index (κ2) is 16.7. The van der Waals surface area contributed by atoms with Gasteiger partial charge in [0.2, 0.25) is 0 Å². The average molecular weight is 769 g/mol. The molecule has 0 N–H and O–H groups in total. The van der Waals surface area contributed by atoms with Gasteiger partial charge in [-0.25, -0.2) is 0 Å². The van der Waals surface area contributed by atoms with Crippen LogP contribution in [-0.2, 0) is 0 Å². The smallest absolute Gasteiger partial charge is 0.0540 e. The molecule has 9 aromatic rings. The van der Waals surface area contributed by atoms with Gasteiger partial charge in [-0.2, -0.15) is 0 Å². The molecule has 1 aliphatic rings. The van der Waals surface area contributed by atoms with Crippen molar-refractivity contribution in [1.82, 2.24) is 0 Å². The number of rotatable bonds is 10. The molecule has 286 valence electrons. The SMILES string of the molecule is C1=C(c2ccccc2)CCC(N(c2ccccc2)c2ccc(-c3ccc(N(c4ccc(-c5cccc(-c6ccccc6)c5)cc4)c4cccc5ccccc45)cc3)cc2)=C1. The van der Waals surface area contributed by atoms with Crippen LogP contribution in [0, 0.1) is 0 Å². The maximum atomic E-state index is 2.40. The fraction of sp³-hybridized carbons (Fsp3) is 0.0345. The summed E-state index contributed by atoms with van der Waals surface area (Å²) < 4.78 is 0. The number of nitrogens with zero attached hydrogens (tertiary/aromatic N) is 2. The van der Waals surface area contributed by atoms with Crippen LogP contribution in [0.15, 0.2) is 248 Å². The van der Waals surface area contributed by atoms with Gasteiger partial charge in [0, 0.05) is 33.8 Å². The zero-order valence-corrected chi connectivity index (χ0v) is 33.4. The Morgan fingerprint density at radius 2 is 0.717 bits per heavy atom. The number of benzene rings is 9. The Kier molecular flexibility index (Phi) is 10.2. The van der Waals surface area contributed by atoms with Gasteiger partial charge in [0.15, 0.2) is 0 Å². The van der Waals surface area contributed by atoms with Gasteiger partial charge in [-0.15, -0.1) is 0 Å². The highest BCUT2D eigenvalue weighted by Crippen LogP contribution is 2.41. The quantitative estimate of drug-likeness (QED) is 0.137. The summed E-state index contributed by atoms with van der Waals surface area (Å²) in [5.74, 6) is 0. The molecule has 1 aliphatic carbocycles. The van der Waals surface area contributed by atoms with Crippen molar-refractivity contribution >= 4 is 44.8 Å². The molecule has 9 aromatic carbocycles. The fourth-order valence-corrected chi connectivity index (χ4v) is 8.51. The largest absolute Gasteiger partial charge is 0.314 e. The van der Waals surface area contributed by atoms with Crippen LogP contribution in [0.3, 0.4) is 0 Å². The van der Waals surface area contributed by atoms with Crippen molar-refractivity contribution in [3.63, 3.8) is 0 Å². The lowest BCUT2D eigenvalue weighted by Crippen LogP contribution is -2.17. The third-order valence-electron chi connectivity index (χ3n) is 11.6. The van der Waals surface area contributed by atoms with E-state index >= 15 is 0 Å². The number of hydrogen-bond donors (Lipinski definition) is 0. The average Bonchev–Trinajstić information content (AvgIpc) is 3.34. The van der Waals surface area contributed by atoms with E-state index in [1.165, 1.54) is 66.7 Å². The van der Waals surface area contributed by atoms with Crippen molar-refractivity contribution in [2.45, 2.75) is 12.8 Å². The Bertz CT molecular complexity index is 2930. The van der Waals surface area contributed by atoms with Crippen molar-refractivity contribution in [3.8, 4) is 33.4 Å². The van der Waals surface area contributed by atoms with Gasteiger partial charge in [0.05, 0.1) is 5.69 Å². The standard InChI is InChI=1S/C58H44N2/c1-4-14-43(15-5-1)45-26-34-53(35-27-45)59(52-22-8-3-9-23-52)54-36-28-46(29-37-54)47-30-38-55(39-31-47)60(58-25-13-19-49-18-10-11-24-57(49)58)56-40-32-48(33-41-56)51-21-12-20-50(42-51)44-16-6-2-7-17-44/h1-26,28-34,36-42H,27,35H2. The number of para-hydroxylation sites is 1. The maximum Gasteiger partial charge on any atom is 0.0540 e. The highest BCUT2D eigenvalue weighted by atomic mass is 15.2. The number of anilines is 5. The molecule has 0 atom stereocenters. The van der Waals surface area contributed by atoms with Crippen LogP contribution < -0.4 is 9.80 Å². The molecule has 0 amide bonds. The molecule has 0 heterocycles. The molecular formula is C58H44N2. The third-order valence-corrected chi connectivity index (χ3v) is 11.6. The predicted molar refractivity (Wildman–Crippen MR) is 255 cm³/mol. The first-order valence-electron chi connectivity index (χ1n) is 20.8. The summed E-state index contributed by atoms with van der Waals surface area (Å²) in [5.41, 5.74) is 16.8. The lowest BCUT2D eigenvalue weighted by Gasteiger charge is -2.30. The topological polar surface area (TPSA) is 6.48 Å². The second-order valence-corrected chi connectivity index (χ2v) is 15.3. The molecule has 2 heteroatoms. The zero-order chi connectivity index (χ0) is 40.1. The normalized spacial score (nSPS) is 12.4. The minimum Gasteiger partial charge on any atom is -0.314 e. The number of hydrogen-bond acceptors (Lipinski definition) is 2. The lowest BCUT2D eigenvalue weighted by molar-refractivity contribution is 0.930. The van der Waals surface area contributed by atoms with E-state index < -0.39 is 0 Å². The van der Waals surface area contributed by atoms with Crippen LogP contribution in [-0.4, -0.2) is 0 Å². The van der Waals surface area contributed by atoms with Crippen LogP contribution >= 0.6 is 0 Å².